The number of rotatable bonds is 27. The minimum absolute atomic E-state index is 0.00453. The molecular formula is C48H69N17O9. The molecule has 5 rings (SSSR count). The highest BCUT2D eigenvalue weighted by molar-refractivity contribution is 5.97. The molecule has 2 aromatic carbocycles. The number of tetrazole rings is 1. The van der Waals surface area contributed by atoms with E-state index < -0.39 is 90.1 Å². The lowest BCUT2D eigenvalue weighted by molar-refractivity contribution is -0.147. The molecular weight excluding hydrogens is 959 g/mol. The van der Waals surface area contributed by atoms with Crippen LogP contribution in [0.1, 0.15) is 94.1 Å². The van der Waals surface area contributed by atoms with Gasteiger partial charge in [-0.15, -0.1) is 5.10 Å². The number of aliphatic carboxylic acids is 1. The number of hydrogen-bond donors (Lipinski definition) is 10. The van der Waals surface area contributed by atoms with Crippen molar-refractivity contribution >= 4 is 59.1 Å². The van der Waals surface area contributed by atoms with Gasteiger partial charge < -0.3 is 64.8 Å². The van der Waals surface area contributed by atoms with Gasteiger partial charge in [-0.1, -0.05) is 60.7 Å². The first-order chi connectivity index (χ1) is 35.4. The zero-order chi connectivity index (χ0) is 53.9. The van der Waals surface area contributed by atoms with E-state index in [1.807, 2.05) is 0 Å². The lowest BCUT2D eigenvalue weighted by atomic mass is 9.93. The lowest BCUT2D eigenvalue weighted by Gasteiger charge is -2.32. The molecule has 2 aliphatic rings. The number of carbonyl (C=O) groups excluding carboxylic acids is 7. The Morgan fingerprint density at radius 2 is 1.27 bits per heavy atom. The number of likely N-dealkylation sites (tertiary alicyclic amines) is 2. The van der Waals surface area contributed by atoms with Gasteiger partial charge in [-0.2, -0.15) is 0 Å². The van der Waals surface area contributed by atoms with E-state index in [2.05, 4.69) is 46.8 Å². The molecule has 0 aliphatic carbocycles. The van der Waals surface area contributed by atoms with Crippen LogP contribution in [-0.2, 0) is 51.2 Å². The summed E-state index contributed by atoms with van der Waals surface area (Å²) in [5.41, 5.74) is 29.1. The van der Waals surface area contributed by atoms with Crippen molar-refractivity contribution in [3.63, 3.8) is 0 Å². The van der Waals surface area contributed by atoms with Crippen LogP contribution in [0.25, 0.3) is 0 Å². The predicted molar refractivity (Wildman–Crippen MR) is 270 cm³/mol. The summed E-state index contributed by atoms with van der Waals surface area (Å²) in [5.74, 6) is -6.74. The minimum Gasteiger partial charge on any atom is -0.480 e. The number of amides is 6. The Labute approximate surface area is 428 Å². The third-order valence-corrected chi connectivity index (χ3v) is 12.9. The average Bonchev–Trinajstić information content (AvgIpc) is 4.19. The topological polar surface area (TPSA) is 410 Å². The van der Waals surface area contributed by atoms with E-state index in [4.69, 9.17) is 28.7 Å². The molecule has 2 saturated heterocycles. The SMILES string of the molecule is C[C@H](C(=O)[C@H](Cc1ccccc1)NC(=O)CNC(=O)[C@@H]1CCCN1C(=O)[C@@H]1CCCN1C(=O)[C@@H](N)CCCN=C(N)N)c1nnnn1[C@H](C)C(=O)N[C@@H](Cc1ccccc1)C(=O)N[C@@H](CCCN=C(N)N)C(=O)O. The number of ketones is 1. The van der Waals surface area contributed by atoms with Gasteiger partial charge in [0.2, 0.25) is 35.4 Å². The first-order valence-electron chi connectivity index (χ1n) is 24.6. The number of nitrogens with two attached hydrogens (primary N) is 5. The number of carboxylic acids is 1. The molecule has 2 aliphatic heterocycles. The van der Waals surface area contributed by atoms with Crippen molar-refractivity contribution in [2.75, 3.05) is 32.7 Å². The van der Waals surface area contributed by atoms with Crippen molar-refractivity contribution in [3.05, 3.63) is 77.6 Å². The number of aromatic nitrogens is 4. The second kappa shape index (κ2) is 27.7. The number of guanidine groups is 2. The summed E-state index contributed by atoms with van der Waals surface area (Å²) in [7, 11) is 0. The van der Waals surface area contributed by atoms with Crippen LogP contribution in [0.5, 0.6) is 0 Å². The summed E-state index contributed by atoms with van der Waals surface area (Å²) >= 11 is 0. The second-order valence-corrected chi connectivity index (χ2v) is 18.3. The molecule has 400 valence electrons. The Morgan fingerprint density at radius 1 is 0.716 bits per heavy atom. The summed E-state index contributed by atoms with van der Waals surface area (Å²) in [6, 6.07) is 10.1. The molecule has 0 spiro atoms. The highest BCUT2D eigenvalue weighted by atomic mass is 16.4. The lowest BCUT2D eigenvalue weighted by Crippen LogP contribution is -2.55. The molecule has 8 atom stereocenters. The van der Waals surface area contributed by atoms with E-state index in [0.717, 1.165) is 4.68 Å². The van der Waals surface area contributed by atoms with Crippen LogP contribution in [0.15, 0.2) is 70.6 Å². The van der Waals surface area contributed by atoms with Crippen molar-refractivity contribution < 1.29 is 43.5 Å². The molecule has 0 saturated carbocycles. The molecule has 6 amide bonds. The number of nitrogens with one attached hydrogen (secondary N) is 4. The third kappa shape index (κ3) is 16.2. The van der Waals surface area contributed by atoms with E-state index in [1.165, 1.54) is 23.6 Å². The number of benzene rings is 2. The fourth-order valence-corrected chi connectivity index (χ4v) is 8.93. The van der Waals surface area contributed by atoms with Gasteiger partial charge >= 0.3 is 5.97 Å². The average molecular weight is 1030 g/mol. The molecule has 0 unspecified atom stereocenters. The van der Waals surface area contributed by atoms with Crippen LogP contribution in [-0.4, -0.2) is 163 Å². The van der Waals surface area contributed by atoms with E-state index >= 15 is 0 Å². The van der Waals surface area contributed by atoms with Crippen LogP contribution in [0.3, 0.4) is 0 Å². The minimum atomic E-state index is -1.32. The Bertz CT molecular complexity index is 2480. The van der Waals surface area contributed by atoms with Gasteiger partial charge in [-0.25, -0.2) is 9.48 Å². The van der Waals surface area contributed by atoms with Crippen LogP contribution in [0.4, 0.5) is 0 Å². The standard InChI is InChI=1S/C48H69N17O9/c1-28(40-60-61-62-65(40)29(2)41(68)59-35(26-31-15-7-4-8-16-31)42(69)58-33(46(73)74)18-10-22-55-48(52)53)39(67)34(25-30-13-5-3-6-14-30)57-38(66)27-56-43(70)36-19-11-23-63(36)45(72)37-20-12-24-64(37)44(71)32(49)17-9-21-54-47(50)51/h3-8,13-16,28-29,32-37H,9-12,17-27,49H2,1-2H3,(H,56,70)(H,57,66)(H,58,69)(H,59,68)(H,73,74)(H4,50,51,54)(H4,52,53,55)/t28-,29-,32+,33+,34+,35+,36+,37+/m1/s1. The van der Waals surface area contributed by atoms with Crippen LogP contribution >= 0.6 is 0 Å². The van der Waals surface area contributed by atoms with Gasteiger partial charge in [0.25, 0.3) is 0 Å². The van der Waals surface area contributed by atoms with Crippen LogP contribution in [0.2, 0.25) is 0 Å². The van der Waals surface area contributed by atoms with Crippen molar-refractivity contribution in [2.24, 2.45) is 38.7 Å². The van der Waals surface area contributed by atoms with Crippen molar-refractivity contribution in [1.82, 2.24) is 51.3 Å². The fourth-order valence-electron chi connectivity index (χ4n) is 8.93. The number of aliphatic imine (C=N–C) groups is 2. The molecule has 0 bridgehead atoms. The monoisotopic (exact) mass is 1030 g/mol. The molecule has 2 fully saturated rings. The summed E-state index contributed by atoms with van der Waals surface area (Å²) in [4.78, 5) is 120. The van der Waals surface area contributed by atoms with Crippen molar-refractivity contribution in [2.45, 2.75) is 126 Å². The normalized spacial score (nSPS) is 17.6. The molecule has 1 aromatic heterocycles. The Balaban J connectivity index is 1.24. The van der Waals surface area contributed by atoms with E-state index in [-0.39, 0.29) is 68.3 Å². The van der Waals surface area contributed by atoms with E-state index in [0.29, 0.717) is 62.7 Å². The number of carbonyl (C=O) groups is 8. The van der Waals surface area contributed by atoms with Gasteiger partial charge in [0.15, 0.2) is 23.5 Å². The van der Waals surface area contributed by atoms with Crippen LogP contribution < -0.4 is 49.9 Å². The first kappa shape index (κ1) is 56.9. The molecule has 15 N–H and O–H groups in total. The predicted octanol–water partition coefficient (Wildman–Crippen LogP) is -2.54. The molecule has 26 nitrogen and oxygen atoms in total. The first-order valence-corrected chi connectivity index (χ1v) is 24.6. The summed E-state index contributed by atoms with van der Waals surface area (Å²) in [6.45, 7) is 3.48. The maximum atomic E-state index is 14.5. The van der Waals surface area contributed by atoms with Gasteiger partial charge in [0, 0.05) is 32.6 Å². The zero-order valence-electron chi connectivity index (χ0n) is 41.7. The maximum Gasteiger partial charge on any atom is 0.326 e. The van der Waals surface area contributed by atoms with Gasteiger partial charge in [-0.05, 0) is 93.2 Å². The maximum absolute atomic E-state index is 14.5. The van der Waals surface area contributed by atoms with Gasteiger partial charge in [-0.3, -0.25) is 43.5 Å². The second-order valence-electron chi connectivity index (χ2n) is 18.3. The number of carboxylic acid groups (broad SMARTS) is 1. The zero-order valence-corrected chi connectivity index (χ0v) is 41.7. The van der Waals surface area contributed by atoms with E-state index in [1.54, 1.807) is 60.7 Å². The number of hydrogen-bond acceptors (Lipinski definition) is 14. The van der Waals surface area contributed by atoms with Gasteiger partial charge in [0.05, 0.1) is 24.5 Å². The van der Waals surface area contributed by atoms with Gasteiger partial charge in [0.1, 0.15) is 30.2 Å². The number of Topliss-reactive ketones (excluding diaryl/α,β-unsaturated/α-hetero) is 1. The van der Waals surface area contributed by atoms with E-state index in [9.17, 15) is 43.5 Å². The van der Waals surface area contributed by atoms with Crippen molar-refractivity contribution in [1.29, 1.82) is 0 Å². The highest BCUT2D eigenvalue weighted by Crippen LogP contribution is 2.26. The van der Waals surface area contributed by atoms with Crippen LogP contribution in [0, 0.1) is 0 Å². The third-order valence-electron chi connectivity index (χ3n) is 12.9. The molecule has 26 heteroatoms. The summed E-state index contributed by atoms with van der Waals surface area (Å²) in [5, 5.41) is 32.3. The highest BCUT2D eigenvalue weighted by Gasteiger charge is 2.43. The smallest absolute Gasteiger partial charge is 0.326 e. The van der Waals surface area contributed by atoms with Crippen molar-refractivity contribution in [3.8, 4) is 0 Å². The Morgan fingerprint density at radius 3 is 1.86 bits per heavy atom. The largest absolute Gasteiger partial charge is 0.480 e. The fraction of sp³-hybridized carbons (Fsp3) is 0.521. The molecule has 74 heavy (non-hydrogen) atoms. The summed E-state index contributed by atoms with van der Waals surface area (Å²) in [6.07, 6.45) is 2.87. The Hall–Kier alpha value is -8.03. The molecule has 0 radical (unpaired) electrons. The molecule has 3 heterocycles. The quantitative estimate of drug-likeness (QED) is 0.0214. The number of nitrogens with zero attached hydrogens (tertiary/aromatic N) is 8. The Kier molecular flexibility index (Phi) is 21.3. The molecule has 3 aromatic rings. The summed E-state index contributed by atoms with van der Waals surface area (Å²) < 4.78 is 1.13.